The van der Waals surface area contributed by atoms with Gasteiger partial charge in [0.25, 0.3) is 0 Å². The lowest BCUT2D eigenvalue weighted by atomic mass is 9.72. The van der Waals surface area contributed by atoms with E-state index in [1.54, 1.807) is 4.90 Å². The lowest BCUT2D eigenvalue weighted by Crippen LogP contribution is -2.56. The normalized spacial score (nSPS) is 27.8. The predicted octanol–water partition coefficient (Wildman–Crippen LogP) is 3.43. The number of halogens is 3. The summed E-state index contributed by atoms with van der Waals surface area (Å²) in [5.74, 6) is 0. The molecule has 0 radical (unpaired) electrons. The summed E-state index contributed by atoms with van der Waals surface area (Å²) in [7, 11) is 0. The van der Waals surface area contributed by atoms with Crippen molar-refractivity contribution in [2.75, 3.05) is 19.6 Å². The van der Waals surface area contributed by atoms with Crippen molar-refractivity contribution in [3.63, 3.8) is 0 Å². The van der Waals surface area contributed by atoms with Gasteiger partial charge >= 0.3 is 6.18 Å². The van der Waals surface area contributed by atoms with Crippen molar-refractivity contribution in [2.24, 2.45) is 5.41 Å². The third kappa shape index (κ3) is 5.30. The Morgan fingerprint density at radius 1 is 1.26 bits per heavy atom. The lowest BCUT2D eigenvalue weighted by Gasteiger charge is -2.46. The fourth-order valence-corrected chi connectivity index (χ4v) is 3.13. The van der Waals surface area contributed by atoms with E-state index in [0.29, 0.717) is 6.54 Å². The van der Waals surface area contributed by atoms with Crippen LogP contribution in [0.2, 0.25) is 0 Å². The van der Waals surface area contributed by atoms with Gasteiger partial charge in [0.1, 0.15) is 0 Å². The van der Waals surface area contributed by atoms with Gasteiger partial charge < -0.3 is 5.32 Å². The first-order valence-electron chi connectivity index (χ1n) is 7.22. The Labute approximate surface area is 114 Å². The van der Waals surface area contributed by atoms with Crippen molar-refractivity contribution >= 4 is 0 Å². The van der Waals surface area contributed by atoms with Crippen LogP contribution in [0, 0.1) is 5.41 Å². The third-order valence-electron chi connectivity index (χ3n) is 4.08. The maximum atomic E-state index is 12.7. The maximum Gasteiger partial charge on any atom is 0.401 e. The summed E-state index contributed by atoms with van der Waals surface area (Å²) < 4.78 is 38.1. The molecule has 0 amide bonds. The fourth-order valence-electron chi connectivity index (χ4n) is 3.13. The number of alkyl halides is 3. The highest BCUT2D eigenvalue weighted by molar-refractivity contribution is 4.94. The van der Waals surface area contributed by atoms with Crippen LogP contribution in [0.1, 0.15) is 47.0 Å². The maximum absolute atomic E-state index is 12.7. The summed E-state index contributed by atoms with van der Waals surface area (Å²) in [6, 6.07) is 0.163. The molecule has 1 aliphatic carbocycles. The molecule has 2 nitrogen and oxygen atoms in total. The van der Waals surface area contributed by atoms with Crippen molar-refractivity contribution < 1.29 is 13.2 Å². The number of nitrogens with zero attached hydrogens (tertiary/aromatic N) is 1. The Balaban J connectivity index is 2.81. The lowest BCUT2D eigenvalue weighted by molar-refractivity contribution is -0.154. The van der Waals surface area contributed by atoms with Crippen molar-refractivity contribution in [2.45, 2.75) is 65.2 Å². The van der Waals surface area contributed by atoms with E-state index in [9.17, 15) is 13.2 Å². The quantitative estimate of drug-likeness (QED) is 0.830. The van der Waals surface area contributed by atoms with Gasteiger partial charge in [-0.15, -0.1) is 0 Å². The zero-order valence-corrected chi connectivity index (χ0v) is 12.5. The highest BCUT2D eigenvalue weighted by Crippen LogP contribution is 2.38. The standard InChI is InChI=1S/C14H27F3N2/c1-5-18-11-7-8-13(3,4)9-12(11)19(6-2)10-14(15,16)17/h11-12,18H,5-10H2,1-4H3. The van der Waals surface area contributed by atoms with Gasteiger partial charge in [-0.05, 0) is 37.8 Å². The summed E-state index contributed by atoms with van der Waals surface area (Å²) in [4.78, 5) is 1.59. The molecule has 0 aromatic heterocycles. The molecule has 2 atom stereocenters. The minimum absolute atomic E-state index is 0.0182. The smallest absolute Gasteiger partial charge is 0.313 e. The molecule has 0 saturated heterocycles. The monoisotopic (exact) mass is 280 g/mol. The molecule has 2 unspecified atom stereocenters. The molecule has 0 aromatic carbocycles. The van der Waals surface area contributed by atoms with Crippen molar-refractivity contribution in [1.29, 1.82) is 0 Å². The van der Waals surface area contributed by atoms with Gasteiger partial charge in [0.15, 0.2) is 0 Å². The molecule has 0 spiro atoms. The molecular weight excluding hydrogens is 253 g/mol. The molecule has 114 valence electrons. The number of hydrogen-bond acceptors (Lipinski definition) is 2. The summed E-state index contributed by atoms with van der Waals surface area (Å²) in [6.07, 6.45) is -1.26. The minimum atomic E-state index is -4.12. The number of nitrogens with one attached hydrogen (secondary N) is 1. The van der Waals surface area contributed by atoms with E-state index in [2.05, 4.69) is 19.2 Å². The van der Waals surface area contributed by atoms with E-state index in [1.165, 1.54) is 0 Å². The average molecular weight is 280 g/mol. The van der Waals surface area contributed by atoms with Gasteiger partial charge in [-0.1, -0.05) is 27.7 Å². The van der Waals surface area contributed by atoms with Crippen molar-refractivity contribution in [1.82, 2.24) is 10.2 Å². The van der Waals surface area contributed by atoms with Crippen LogP contribution in [0.3, 0.4) is 0 Å². The van der Waals surface area contributed by atoms with Gasteiger partial charge in [-0.3, -0.25) is 4.90 Å². The molecule has 19 heavy (non-hydrogen) atoms. The Morgan fingerprint density at radius 2 is 1.89 bits per heavy atom. The summed E-state index contributed by atoms with van der Waals surface area (Å²) >= 11 is 0. The van der Waals surface area contributed by atoms with E-state index in [0.717, 1.165) is 25.8 Å². The van der Waals surface area contributed by atoms with E-state index in [1.807, 2.05) is 13.8 Å². The first-order valence-corrected chi connectivity index (χ1v) is 7.22. The third-order valence-corrected chi connectivity index (χ3v) is 4.08. The Bertz CT molecular complexity index is 276. The largest absolute Gasteiger partial charge is 0.401 e. The molecule has 1 N–H and O–H groups in total. The molecule has 0 bridgehead atoms. The fraction of sp³-hybridized carbons (Fsp3) is 1.00. The Morgan fingerprint density at radius 3 is 2.37 bits per heavy atom. The van der Waals surface area contributed by atoms with Crippen LogP contribution in [-0.2, 0) is 0 Å². The van der Waals surface area contributed by atoms with Crippen LogP contribution in [0.15, 0.2) is 0 Å². The summed E-state index contributed by atoms with van der Waals surface area (Å²) in [5.41, 5.74) is 0.135. The number of hydrogen-bond donors (Lipinski definition) is 1. The molecule has 5 heteroatoms. The van der Waals surface area contributed by atoms with Gasteiger partial charge in [-0.25, -0.2) is 0 Å². The topological polar surface area (TPSA) is 15.3 Å². The molecule has 0 aromatic rings. The Kier molecular flexibility index (Phi) is 5.68. The summed E-state index contributed by atoms with van der Waals surface area (Å²) in [6.45, 7) is 8.60. The minimum Gasteiger partial charge on any atom is -0.313 e. The predicted molar refractivity (Wildman–Crippen MR) is 72.2 cm³/mol. The Hall–Kier alpha value is -0.290. The van der Waals surface area contributed by atoms with Crippen molar-refractivity contribution in [3.8, 4) is 0 Å². The van der Waals surface area contributed by atoms with Gasteiger partial charge in [0.2, 0.25) is 0 Å². The molecule has 1 rings (SSSR count). The van der Waals surface area contributed by atoms with Crippen LogP contribution in [0.4, 0.5) is 13.2 Å². The number of likely N-dealkylation sites (N-methyl/N-ethyl adjacent to an activating group) is 2. The summed E-state index contributed by atoms with van der Waals surface area (Å²) in [5, 5.41) is 3.36. The van der Waals surface area contributed by atoms with E-state index in [-0.39, 0.29) is 17.5 Å². The van der Waals surface area contributed by atoms with E-state index in [4.69, 9.17) is 0 Å². The molecule has 1 fully saturated rings. The molecule has 0 aliphatic heterocycles. The zero-order valence-electron chi connectivity index (χ0n) is 12.5. The first kappa shape index (κ1) is 16.8. The molecule has 1 saturated carbocycles. The van der Waals surface area contributed by atoms with Crippen molar-refractivity contribution in [3.05, 3.63) is 0 Å². The van der Waals surface area contributed by atoms with Crippen LogP contribution < -0.4 is 5.32 Å². The first-order chi connectivity index (χ1) is 8.68. The second-order valence-corrected chi connectivity index (χ2v) is 6.32. The second-order valence-electron chi connectivity index (χ2n) is 6.32. The molecule has 0 heterocycles. The van der Waals surface area contributed by atoms with Crippen LogP contribution in [0.5, 0.6) is 0 Å². The second kappa shape index (κ2) is 6.44. The highest BCUT2D eigenvalue weighted by Gasteiger charge is 2.40. The van der Waals surface area contributed by atoms with Crippen LogP contribution >= 0.6 is 0 Å². The zero-order chi connectivity index (χ0) is 14.7. The highest BCUT2D eigenvalue weighted by atomic mass is 19.4. The average Bonchev–Trinajstić information content (AvgIpc) is 2.27. The molecule has 1 aliphatic rings. The van der Waals surface area contributed by atoms with Crippen LogP contribution in [0.25, 0.3) is 0 Å². The van der Waals surface area contributed by atoms with E-state index < -0.39 is 12.7 Å². The number of rotatable bonds is 5. The SMILES string of the molecule is CCNC1CCC(C)(C)CC1N(CC)CC(F)(F)F. The van der Waals surface area contributed by atoms with Gasteiger partial charge in [0, 0.05) is 12.1 Å². The van der Waals surface area contributed by atoms with Crippen LogP contribution in [-0.4, -0.2) is 42.8 Å². The van der Waals surface area contributed by atoms with Gasteiger partial charge in [-0.2, -0.15) is 13.2 Å². The van der Waals surface area contributed by atoms with E-state index >= 15 is 0 Å². The molecular formula is C14H27F3N2. The van der Waals surface area contributed by atoms with Gasteiger partial charge in [0.05, 0.1) is 6.54 Å².